The van der Waals surface area contributed by atoms with Crippen molar-refractivity contribution >= 4 is 11.5 Å². The maximum atomic E-state index is 12.2. The number of hydrogen-bond acceptors (Lipinski definition) is 3. The van der Waals surface area contributed by atoms with E-state index in [1.807, 2.05) is 19.1 Å². The molecule has 1 atom stereocenters. The van der Waals surface area contributed by atoms with Crippen LogP contribution in [0, 0.1) is 0 Å². The lowest BCUT2D eigenvalue weighted by molar-refractivity contribution is -0.151. The minimum atomic E-state index is -0.507. The van der Waals surface area contributed by atoms with E-state index >= 15 is 0 Å². The number of ether oxygens (including phenoxy) is 2. The summed E-state index contributed by atoms with van der Waals surface area (Å²) in [6, 6.07) is 8.22. The van der Waals surface area contributed by atoms with Gasteiger partial charge in [0.05, 0.1) is 6.61 Å². The lowest BCUT2D eigenvalue weighted by Crippen LogP contribution is -2.29. The van der Waals surface area contributed by atoms with Gasteiger partial charge in [-0.2, -0.15) is 0 Å². The molecule has 26 heavy (non-hydrogen) atoms. The van der Waals surface area contributed by atoms with Crippen molar-refractivity contribution in [1.29, 1.82) is 0 Å². The van der Waals surface area contributed by atoms with Gasteiger partial charge in [0.15, 0.2) is 6.10 Å². The third-order valence-corrected chi connectivity index (χ3v) is 4.91. The molecule has 1 aromatic carbocycles. The minimum absolute atomic E-state index is 0.254. The molecule has 1 aromatic rings. The van der Waals surface area contributed by atoms with E-state index in [0.717, 1.165) is 31.4 Å². The summed E-state index contributed by atoms with van der Waals surface area (Å²) in [4.78, 5) is 12.2. The van der Waals surface area contributed by atoms with Crippen LogP contribution >= 0.6 is 0 Å². The number of carbonyl (C=O) groups is 1. The van der Waals surface area contributed by atoms with Gasteiger partial charge in [-0.25, -0.2) is 4.79 Å². The summed E-state index contributed by atoms with van der Waals surface area (Å²) in [5.74, 6) is 0.491. The molecule has 3 nitrogen and oxygen atoms in total. The molecule has 0 spiro atoms. The summed E-state index contributed by atoms with van der Waals surface area (Å²) in [5, 5.41) is 0. The first-order valence-corrected chi connectivity index (χ1v) is 10.4. The number of benzene rings is 1. The highest BCUT2D eigenvalue weighted by atomic mass is 16.6. The van der Waals surface area contributed by atoms with Gasteiger partial charge in [0.2, 0.25) is 0 Å². The van der Waals surface area contributed by atoms with E-state index in [2.05, 4.69) is 25.1 Å². The summed E-state index contributed by atoms with van der Waals surface area (Å²) in [5.41, 5.74) is 2.72. The maximum absolute atomic E-state index is 12.2. The molecule has 0 saturated carbocycles. The number of unbranched alkanes of at least 4 members (excludes halogenated alkanes) is 2. The molecular formula is C23H34O3. The molecule has 144 valence electrons. The smallest absolute Gasteiger partial charge is 0.347 e. The van der Waals surface area contributed by atoms with Gasteiger partial charge in [-0.05, 0) is 68.7 Å². The molecule has 0 radical (unpaired) electrons. The third-order valence-electron chi connectivity index (χ3n) is 4.91. The second-order valence-corrected chi connectivity index (χ2v) is 7.06. The summed E-state index contributed by atoms with van der Waals surface area (Å²) >= 11 is 0. The molecule has 1 aliphatic rings. The van der Waals surface area contributed by atoms with Crippen molar-refractivity contribution in [2.24, 2.45) is 0 Å². The molecule has 1 aliphatic carbocycles. The Balaban J connectivity index is 2.00. The van der Waals surface area contributed by atoms with E-state index in [9.17, 15) is 4.79 Å². The van der Waals surface area contributed by atoms with Crippen LogP contribution < -0.4 is 4.74 Å². The number of hydrogen-bond donors (Lipinski definition) is 0. The van der Waals surface area contributed by atoms with Crippen LogP contribution in [-0.4, -0.2) is 18.7 Å². The SMILES string of the molecule is CCCCCC(Oc1ccc(/C2=C/CCCCCC2)cc1)C(=O)OCC. The molecule has 0 bridgehead atoms. The Morgan fingerprint density at radius 2 is 1.81 bits per heavy atom. The van der Waals surface area contributed by atoms with Gasteiger partial charge in [-0.1, -0.05) is 50.8 Å². The van der Waals surface area contributed by atoms with Crippen LogP contribution in [0.4, 0.5) is 0 Å². The van der Waals surface area contributed by atoms with E-state index in [-0.39, 0.29) is 5.97 Å². The molecule has 0 amide bonds. The van der Waals surface area contributed by atoms with Gasteiger partial charge in [-0.3, -0.25) is 0 Å². The highest BCUT2D eigenvalue weighted by Crippen LogP contribution is 2.27. The fourth-order valence-corrected chi connectivity index (χ4v) is 3.41. The Morgan fingerprint density at radius 1 is 1.04 bits per heavy atom. The summed E-state index contributed by atoms with van der Waals surface area (Å²) < 4.78 is 11.1. The Hall–Kier alpha value is -1.77. The quantitative estimate of drug-likeness (QED) is 0.383. The number of esters is 1. The number of rotatable bonds is 9. The van der Waals surface area contributed by atoms with E-state index in [1.165, 1.54) is 43.2 Å². The second-order valence-electron chi connectivity index (χ2n) is 7.06. The van der Waals surface area contributed by atoms with E-state index in [0.29, 0.717) is 13.0 Å². The zero-order valence-corrected chi connectivity index (χ0v) is 16.5. The van der Waals surface area contributed by atoms with Crippen molar-refractivity contribution in [3.05, 3.63) is 35.9 Å². The standard InChI is InChI=1S/C23H34O3/c1-3-5-9-14-22(23(24)25-4-2)26-21-17-15-20(16-18-21)19-12-10-7-6-8-11-13-19/h12,15-18,22H,3-11,13-14H2,1-2H3/b19-12+. The molecule has 0 aliphatic heterocycles. The fourth-order valence-electron chi connectivity index (χ4n) is 3.41. The van der Waals surface area contributed by atoms with Gasteiger partial charge >= 0.3 is 5.97 Å². The monoisotopic (exact) mass is 358 g/mol. The normalized spacial score (nSPS) is 18.2. The molecule has 0 saturated heterocycles. The predicted octanol–water partition coefficient (Wildman–Crippen LogP) is 6.32. The van der Waals surface area contributed by atoms with E-state index in [1.54, 1.807) is 0 Å². The molecule has 0 N–H and O–H groups in total. The van der Waals surface area contributed by atoms with Crippen LogP contribution in [0.15, 0.2) is 30.3 Å². The summed E-state index contributed by atoms with van der Waals surface area (Å²) in [6.07, 6.45) is 13.4. The van der Waals surface area contributed by atoms with Gasteiger partial charge in [0.25, 0.3) is 0 Å². The first-order valence-electron chi connectivity index (χ1n) is 10.4. The highest BCUT2D eigenvalue weighted by molar-refractivity contribution is 5.75. The predicted molar refractivity (Wildman–Crippen MR) is 107 cm³/mol. The second kappa shape index (κ2) is 11.8. The third kappa shape index (κ3) is 6.86. The van der Waals surface area contributed by atoms with E-state index < -0.39 is 6.10 Å². The van der Waals surface area contributed by atoms with Gasteiger partial charge < -0.3 is 9.47 Å². The lowest BCUT2D eigenvalue weighted by Gasteiger charge is -2.18. The van der Waals surface area contributed by atoms with Gasteiger partial charge in [0, 0.05) is 0 Å². The molecule has 2 rings (SSSR count). The van der Waals surface area contributed by atoms with Gasteiger partial charge in [0.1, 0.15) is 5.75 Å². The Labute approximate surface area is 158 Å². The van der Waals surface area contributed by atoms with Crippen molar-refractivity contribution in [1.82, 2.24) is 0 Å². The minimum Gasteiger partial charge on any atom is -0.479 e. The largest absolute Gasteiger partial charge is 0.479 e. The van der Waals surface area contributed by atoms with Crippen LogP contribution in [0.3, 0.4) is 0 Å². The van der Waals surface area contributed by atoms with Crippen LogP contribution in [0.5, 0.6) is 5.75 Å². The number of carbonyl (C=O) groups excluding carboxylic acids is 1. The first kappa shape index (κ1) is 20.5. The Morgan fingerprint density at radius 3 is 2.54 bits per heavy atom. The van der Waals surface area contributed by atoms with Crippen molar-refractivity contribution < 1.29 is 14.3 Å². The zero-order valence-electron chi connectivity index (χ0n) is 16.5. The van der Waals surface area contributed by atoms with Crippen LogP contribution in [-0.2, 0) is 9.53 Å². The van der Waals surface area contributed by atoms with Crippen molar-refractivity contribution in [2.45, 2.75) is 84.2 Å². The van der Waals surface area contributed by atoms with Crippen LogP contribution in [0.2, 0.25) is 0 Å². The first-order chi connectivity index (χ1) is 12.7. The summed E-state index contributed by atoms with van der Waals surface area (Å²) in [6.45, 7) is 4.38. The highest BCUT2D eigenvalue weighted by Gasteiger charge is 2.21. The topological polar surface area (TPSA) is 35.5 Å². The molecule has 0 fully saturated rings. The average Bonchev–Trinajstić information content (AvgIpc) is 2.62. The van der Waals surface area contributed by atoms with Crippen molar-refractivity contribution in [2.75, 3.05) is 6.61 Å². The van der Waals surface area contributed by atoms with E-state index in [4.69, 9.17) is 9.47 Å². The van der Waals surface area contributed by atoms with Crippen molar-refractivity contribution in [3.8, 4) is 5.75 Å². The molecule has 0 heterocycles. The number of allylic oxidation sites excluding steroid dienone is 2. The lowest BCUT2D eigenvalue weighted by atomic mass is 9.95. The average molecular weight is 359 g/mol. The van der Waals surface area contributed by atoms with Crippen molar-refractivity contribution in [3.63, 3.8) is 0 Å². The summed E-state index contributed by atoms with van der Waals surface area (Å²) in [7, 11) is 0. The molecule has 1 unspecified atom stereocenters. The molecule has 3 heteroatoms. The van der Waals surface area contributed by atoms with Crippen LogP contribution in [0.25, 0.3) is 5.57 Å². The Bertz CT molecular complexity index is 559. The molecule has 0 aromatic heterocycles. The Kier molecular flexibility index (Phi) is 9.30. The fraction of sp³-hybridized carbons (Fsp3) is 0.609. The van der Waals surface area contributed by atoms with Crippen LogP contribution in [0.1, 0.15) is 83.6 Å². The zero-order chi connectivity index (χ0) is 18.6. The molecular weight excluding hydrogens is 324 g/mol. The van der Waals surface area contributed by atoms with Gasteiger partial charge in [-0.15, -0.1) is 0 Å². The maximum Gasteiger partial charge on any atom is 0.347 e.